The van der Waals surface area contributed by atoms with Crippen LogP contribution in [-0.4, -0.2) is 40.2 Å². The molecule has 1 atom stereocenters. The van der Waals surface area contributed by atoms with Crippen molar-refractivity contribution in [3.8, 4) is 22.9 Å². The van der Waals surface area contributed by atoms with Crippen LogP contribution in [0.3, 0.4) is 0 Å². The molecule has 9 nitrogen and oxygen atoms in total. The Morgan fingerprint density at radius 3 is 2.40 bits per heavy atom. The third kappa shape index (κ3) is 5.58. The zero-order chi connectivity index (χ0) is 29.1. The maximum Gasteiger partial charge on any atom is 0.326 e. The number of nitrogens with one attached hydrogen (secondary N) is 1. The molecule has 1 aliphatic heterocycles. The van der Waals surface area contributed by atoms with Gasteiger partial charge in [0.1, 0.15) is 23.2 Å². The lowest BCUT2D eigenvalue weighted by Crippen LogP contribution is -2.46. The molecule has 0 amide bonds. The normalized spacial score (nSPS) is 14.4. The number of ether oxygens (including phenoxy) is 1. The van der Waals surface area contributed by atoms with Crippen LogP contribution in [0.25, 0.3) is 22.0 Å². The van der Waals surface area contributed by atoms with Gasteiger partial charge in [0, 0.05) is 37.5 Å². The number of rotatable bonds is 9. The highest BCUT2D eigenvalue weighted by molar-refractivity contribution is 5.89. The van der Waals surface area contributed by atoms with Crippen LogP contribution in [-0.2, 0) is 11.2 Å². The predicted octanol–water partition coefficient (Wildman–Crippen LogP) is 5.17. The highest BCUT2D eigenvalue weighted by Gasteiger charge is 2.30. The SMILES string of the molecule is O=C(O)C(Cc1ccc(Oc2nc(-c3ccccc3)cc3ccncc23)cc1)Nc1c(N2CCCCCC2)c(=O)c1=O. The summed E-state index contributed by atoms with van der Waals surface area (Å²) in [7, 11) is 0. The molecule has 2 aromatic heterocycles. The molecule has 1 aliphatic rings. The number of hydrogen-bond donors (Lipinski definition) is 2. The third-order valence-corrected chi connectivity index (χ3v) is 7.67. The Morgan fingerprint density at radius 2 is 1.69 bits per heavy atom. The predicted molar refractivity (Wildman–Crippen MR) is 162 cm³/mol. The van der Waals surface area contributed by atoms with Crippen molar-refractivity contribution in [3.63, 3.8) is 0 Å². The van der Waals surface area contributed by atoms with E-state index in [2.05, 4.69) is 10.3 Å². The lowest BCUT2D eigenvalue weighted by Gasteiger charge is -2.27. The summed E-state index contributed by atoms with van der Waals surface area (Å²) in [6.07, 6.45) is 7.58. The monoisotopic (exact) mass is 562 g/mol. The van der Waals surface area contributed by atoms with E-state index in [0.717, 1.165) is 53.3 Å². The van der Waals surface area contributed by atoms with E-state index < -0.39 is 22.9 Å². The lowest BCUT2D eigenvalue weighted by molar-refractivity contribution is -0.137. The van der Waals surface area contributed by atoms with Gasteiger partial charge >= 0.3 is 5.97 Å². The first-order valence-electron chi connectivity index (χ1n) is 14.1. The van der Waals surface area contributed by atoms with E-state index in [1.165, 1.54) is 0 Å². The van der Waals surface area contributed by atoms with E-state index in [4.69, 9.17) is 9.72 Å². The molecule has 2 N–H and O–H groups in total. The van der Waals surface area contributed by atoms with E-state index in [-0.39, 0.29) is 12.1 Å². The summed E-state index contributed by atoms with van der Waals surface area (Å²) in [5.74, 6) is -0.156. The van der Waals surface area contributed by atoms with E-state index >= 15 is 0 Å². The van der Waals surface area contributed by atoms with Gasteiger partial charge in [0.25, 0.3) is 10.9 Å². The van der Waals surface area contributed by atoms with Gasteiger partial charge in [-0.05, 0) is 48.1 Å². The van der Waals surface area contributed by atoms with Gasteiger partial charge in [-0.15, -0.1) is 0 Å². The quantitative estimate of drug-likeness (QED) is 0.234. The average molecular weight is 563 g/mol. The minimum absolute atomic E-state index is 0.110. The van der Waals surface area contributed by atoms with Crippen LogP contribution in [0.1, 0.15) is 31.2 Å². The molecule has 0 saturated carbocycles. The highest BCUT2D eigenvalue weighted by atomic mass is 16.5. The van der Waals surface area contributed by atoms with Gasteiger partial charge in [-0.25, -0.2) is 9.78 Å². The minimum Gasteiger partial charge on any atom is -0.480 e. The molecule has 42 heavy (non-hydrogen) atoms. The first-order chi connectivity index (χ1) is 20.5. The third-order valence-electron chi connectivity index (χ3n) is 7.67. The Labute approximate surface area is 242 Å². The number of hydrogen-bond acceptors (Lipinski definition) is 8. The molecule has 1 fully saturated rings. The fourth-order valence-corrected chi connectivity index (χ4v) is 5.42. The zero-order valence-corrected chi connectivity index (χ0v) is 23.0. The molecule has 5 aromatic rings. The molecule has 9 heteroatoms. The fourth-order valence-electron chi connectivity index (χ4n) is 5.42. The molecule has 3 heterocycles. The number of carboxylic acid groups (broad SMARTS) is 1. The van der Waals surface area contributed by atoms with Crippen LogP contribution >= 0.6 is 0 Å². The van der Waals surface area contributed by atoms with Crippen molar-refractivity contribution in [1.82, 2.24) is 9.97 Å². The summed E-state index contributed by atoms with van der Waals surface area (Å²) in [5.41, 5.74) is 1.70. The molecule has 1 unspecified atom stereocenters. The Kier molecular flexibility index (Phi) is 7.64. The maximum absolute atomic E-state index is 12.4. The van der Waals surface area contributed by atoms with Gasteiger partial charge in [0.05, 0.1) is 11.1 Å². The van der Waals surface area contributed by atoms with Gasteiger partial charge in [-0.2, -0.15) is 0 Å². The van der Waals surface area contributed by atoms with Gasteiger partial charge < -0.3 is 20.1 Å². The Hall–Kier alpha value is -5.05. The Morgan fingerprint density at radius 1 is 0.952 bits per heavy atom. The van der Waals surface area contributed by atoms with Crippen LogP contribution in [0.15, 0.2) is 88.7 Å². The second kappa shape index (κ2) is 11.8. The van der Waals surface area contributed by atoms with Crippen molar-refractivity contribution in [2.45, 2.75) is 38.1 Å². The number of nitrogens with zero attached hydrogens (tertiary/aromatic N) is 3. The minimum atomic E-state index is -1.11. The molecule has 0 aliphatic carbocycles. The molecule has 6 rings (SSSR count). The first kappa shape index (κ1) is 27.1. The number of carboxylic acids is 1. The smallest absolute Gasteiger partial charge is 0.326 e. The topological polar surface area (TPSA) is 122 Å². The van der Waals surface area contributed by atoms with Crippen molar-refractivity contribution in [2.75, 3.05) is 23.3 Å². The van der Waals surface area contributed by atoms with Gasteiger partial charge in [0.15, 0.2) is 0 Å². The average Bonchev–Trinajstić information content (AvgIpc) is 3.30. The summed E-state index contributed by atoms with van der Waals surface area (Å²) in [4.78, 5) is 47.9. The standard InChI is InChI=1S/C33H30N4O5/c38-30-28(29(31(30)39)37-16-6-1-2-7-17-37)35-27(33(40)41)18-21-10-12-24(13-11-21)42-32-25-20-34-15-14-23(25)19-26(36-32)22-8-4-3-5-9-22/h3-5,8-15,19-20,27,35H,1-2,6-7,16-18H2,(H,40,41). The summed E-state index contributed by atoms with van der Waals surface area (Å²) in [6, 6.07) is 19.7. The van der Waals surface area contributed by atoms with Gasteiger partial charge in [-0.1, -0.05) is 55.3 Å². The van der Waals surface area contributed by atoms with Gasteiger partial charge in [-0.3, -0.25) is 14.6 Å². The number of aliphatic carboxylic acids is 1. The molecular formula is C33H30N4O5. The summed E-state index contributed by atoms with van der Waals surface area (Å²) in [5, 5.41) is 14.5. The van der Waals surface area contributed by atoms with E-state index in [9.17, 15) is 19.5 Å². The number of carbonyl (C=O) groups is 1. The lowest BCUT2D eigenvalue weighted by atomic mass is 10.0. The van der Waals surface area contributed by atoms with Crippen molar-refractivity contribution in [1.29, 1.82) is 0 Å². The molecule has 212 valence electrons. The van der Waals surface area contributed by atoms with Crippen molar-refractivity contribution in [2.24, 2.45) is 0 Å². The van der Waals surface area contributed by atoms with Crippen molar-refractivity contribution < 1.29 is 14.6 Å². The molecule has 0 spiro atoms. The second-order valence-corrected chi connectivity index (χ2v) is 10.5. The number of aromatic nitrogens is 2. The molecule has 3 aromatic carbocycles. The molecular weight excluding hydrogens is 532 g/mol. The molecule has 0 bridgehead atoms. The number of pyridine rings is 2. The molecule has 1 saturated heterocycles. The van der Waals surface area contributed by atoms with Crippen LogP contribution in [0.4, 0.5) is 11.4 Å². The zero-order valence-electron chi connectivity index (χ0n) is 23.0. The van der Waals surface area contributed by atoms with Crippen LogP contribution in [0.5, 0.6) is 11.6 Å². The largest absolute Gasteiger partial charge is 0.480 e. The van der Waals surface area contributed by atoms with E-state index in [0.29, 0.717) is 30.4 Å². The van der Waals surface area contributed by atoms with Crippen molar-refractivity contribution >= 4 is 28.1 Å². The Balaban J connectivity index is 1.20. The summed E-state index contributed by atoms with van der Waals surface area (Å²) < 4.78 is 6.19. The molecule has 0 radical (unpaired) electrons. The summed E-state index contributed by atoms with van der Waals surface area (Å²) >= 11 is 0. The van der Waals surface area contributed by atoms with Crippen LogP contribution in [0.2, 0.25) is 0 Å². The van der Waals surface area contributed by atoms with Crippen LogP contribution in [0, 0.1) is 0 Å². The second-order valence-electron chi connectivity index (χ2n) is 10.5. The van der Waals surface area contributed by atoms with Crippen molar-refractivity contribution in [3.05, 3.63) is 105 Å². The fraction of sp³-hybridized carbons (Fsp3) is 0.242. The van der Waals surface area contributed by atoms with E-state index in [1.54, 1.807) is 36.7 Å². The van der Waals surface area contributed by atoms with E-state index in [1.807, 2.05) is 47.4 Å². The number of anilines is 2. The highest BCUT2D eigenvalue weighted by Crippen LogP contribution is 2.32. The maximum atomic E-state index is 12.4. The Bertz CT molecular complexity index is 1790. The first-order valence-corrected chi connectivity index (χ1v) is 14.1. The number of benzene rings is 2. The summed E-state index contributed by atoms with van der Waals surface area (Å²) in [6.45, 7) is 1.38. The van der Waals surface area contributed by atoms with Crippen LogP contribution < -0.4 is 25.8 Å². The number of fused-ring (bicyclic) bond motifs is 1. The van der Waals surface area contributed by atoms with Gasteiger partial charge in [0.2, 0.25) is 5.88 Å².